The Kier molecular flexibility index (Phi) is 2.09. The van der Waals surface area contributed by atoms with Crippen molar-refractivity contribution in [2.75, 3.05) is 5.73 Å². The maximum Gasteiger partial charge on any atom is 0.180 e. The van der Waals surface area contributed by atoms with Gasteiger partial charge in [-0.15, -0.1) is 0 Å². The molecule has 0 aliphatic heterocycles. The second kappa shape index (κ2) is 3.63. The number of nitrogens with two attached hydrogens (primary N) is 1. The molecule has 0 aliphatic carbocycles. The predicted octanol–water partition coefficient (Wildman–Crippen LogP) is 1.62. The summed E-state index contributed by atoms with van der Waals surface area (Å²) in [4.78, 5) is 11.3. The van der Waals surface area contributed by atoms with Crippen LogP contribution in [0.25, 0.3) is 22.6 Å². The van der Waals surface area contributed by atoms with Crippen LogP contribution in [0.5, 0.6) is 11.5 Å². The number of aromatic nitrogens is 3. The van der Waals surface area contributed by atoms with Crippen LogP contribution in [0.15, 0.2) is 30.3 Å². The Labute approximate surface area is 102 Å². The van der Waals surface area contributed by atoms with Crippen molar-refractivity contribution in [1.29, 1.82) is 0 Å². The first kappa shape index (κ1) is 10.4. The summed E-state index contributed by atoms with van der Waals surface area (Å²) in [5.74, 6) is 0.799. The summed E-state index contributed by atoms with van der Waals surface area (Å²) >= 11 is 0. The fourth-order valence-corrected chi connectivity index (χ4v) is 1.76. The lowest BCUT2D eigenvalue weighted by Gasteiger charge is -2.00. The Hall–Kier alpha value is -2.76. The van der Waals surface area contributed by atoms with Crippen molar-refractivity contribution in [3.05, 3.63) is 30.3 Å². The minimum atomic E-state index is -0.0537. The van der Waals surface area contributed by atoms with E-state index in [1.54, 1.807) is 18.2 Å². The van der Waals surface area contributed by atoms with Gasteiger partial charge in [-0.25, -0.2) is 9.97 Å². The standard InChI is InChI=1S/C12H10N4O2/c13-10-4-3-8-12(15-10)16-11(14-8)7-2-1-6(17)5-9(7)18/h1-5,17-18H,(H3,13,14,15,16). The summed E-state index contributed by atoms with van der Waals surface area (Å²) in [6.45, 7) is 0. The lowest BCUT2D eigenvalue weighted by atomic mass is 10.2. The highest BCUT2D eigenvalue weighted by Crippen LogP contribution is 2.31. The van der Waals surface area contributed by atoms with Crippen LogP contribution in [-0.4, -0.2) is 25.2 Å². The number of benzene rings is 1. The van der Waals surface area contributed by atoms with E-state index in [9.17, 15) is 10.2 Å². The summed E-state index contributed by atoms with van der Waals surface area (Å²) in [6, 6.07) is 7.74. The molecule has 0 fully saturated rings. The fraction of sp³-hybridized carbons (Fsp3) is 0. The third-order valence-corrected chi connectivity index (χ3v) is 2.60. The van der Waals surface area contributed by atoms with Gasteiger partial charge < -0.3 is 20.9 Å². The molecule has 0 atom stereocenters. The monoisotopic (exact) mass is 242 g/mol. The summed E-state index contributed by atoms with van der Waals surface area (Å²) in [5, 5.41) is 19.0. The molecular formula is C12H10N4O2. The van der Waals surface area contributed by atoms with Gasteiger partial charge in [0.05, 0.1) is 11.1 Å². The van der Waals surface area contributed by atoms with Gasteiger partial charge >= 0.3 is 0 Å². The highest BCUT2D eigenvalue weighted by Gasteiger charge is 2.10. The highest BCUT2D eigenvalue weighted by molar-refractivity contribution is 5.78. The summed E-state index contributed by atoms with van der Waals surface area (Å²) < 4.78 is 0. The first-order valence-electron chi connectivity index (χ1n) is 5.28. The number of aromatic hydroxyl groups is 2. The molecule has 2 aromatic heterocycles. The van der Waals surface area contributed by atoms with Crippen molar-refractivity contribution in [2.24, 2.45) is 0 Å². The number of rotatable bonds is 1. The number of phenolic OH excluding ortho intramolecular Hbond substituents is 2. The van der Waals surface area contributed by atoms with Gasteiger partial charge in [0, 0.05) is 6.07 Å². The zero-order valence-corrected chi connectivity index (χ0v) is 9.25. The van der Waals surface area contributed by atoms with Crippen LogP contribution in [0.4, 0.5) is 5.82 Å². The summed E-state index contributed by atoms with van der Waals surface area (Å²) in [5.41, 5.74) is 7.28. The number of aromatic amines is 1. The summed E-state index contributed by atoms with van der Waals surface area (Å²) in [6.07, 6.45) is 0. The first-order chi connectivity index (χ1) is 8.63. The zero-order chi connectivity index (χ0) is 12.7. The number of hydrogen-bond donors (Lipinski definition) is 4. The third-order valence-electron chi connectivity index (χ3n) is 2.60. The lowest BCUT2D eigenvalue weighted by molar-refractivity contribution is 0.451. The van der Waals surface area contributed by atoms with E-state index in [2.05, 4.69) is 15.0 Å². The SMILES string of the molecule is Nc1ccc2[nH]c(-c3ccc(O)cc3O)nc2n1. The number of nitrogens with zero attached hydrogens (tertiary/aromatic N) is 2. The topological polar surface area (TPSA) is 108 Å². The Morgan fingerprint density at radius 1 is 1.06 bits per heavy atom. The van der Waals surface area contributed by atoms with E-state index in [-0.39, 0.29) is 11.5 Å². The molecule has 6 heteroatoms. The molecule has 6 nitrogen and oxygen atoms in total. The fourth-order valence-electron chi connectivity index (χ4n) is 1.76. The maximum absolute atomic E-state index is 9.76. The molecular weight excluding hydrogens is 232 g/mol. The van der Waals surface area contributed by atoms with Crippen LogP contribution in [0.1, 0.15) is 0 Å². The van der Waals surface area contributed by atoms with Gasteiger partial charge in [-0.05, 0) is 24.3 Å². The van der Waals surface area contributed by atoms with E-state index in [4.69, 9.17) is 5.73 Å². The van der Waals surface area contributed by atoms with Gasteiger partial charge in [-0.1, -0.05) is 0 Å². The van der Waals surface area contributed by atoms with Crippen LogP contribution in [0, 0.1) is 0 Å². The number of imidazole rings is 1. The maximum atomic E-state index is 9.76. The van der Waals surface area contributed by atoms with Gasteiger partial charge in [-0.2, -0.15) is 0 Å². The normalized spacial score (nSPS) is 10.9. The summed E-state index contributed by atoms with van der Waals surface area (Å²) in [7, 11) is 0. The number of nitrogens with one attached hydrogen (secondary N) is 1. The molecule has 3 aromatic rings. The molecule has 1 aromatic carbocycles. The van der Waals surface area contributed by atoms with Crippen molar-refractivity contribution in [2.45, 2.75) is 0 Å². The first-order valence-corrected chi connectivity index (χ1v) is 5.28. The molecule has 0 bridgehead atoms. The molecule has 0 saturated heterocycles. The molecule has 2 heterocycles. The highest BCUT2D eigenvalue weighted by atomic mass is 16.3. The molecule has 0 amide bonds. The number of fused-ring (bicyclic) bond motifs is 1. The molecule has 0 unspecified atom stereocenters. The van der Waals surface area contributed by atoms with Gasteiger partial charge in [-0.3, -0.25) is 0 Å². The molecule has 0 spiro atoms. The molecule has 0 radical (unpaired) electrons. The van der Waals surface area contributed by atoms with Gasteiger partial charge in [0.1, 0.15) is 23.1 Å². The molecule has 90 valence electrons. The Morgan fingerprint density at radius 3 is 2.67 bits per heavy atom. The van der Waals surface area contributed by atoms with Crippen LogP contribution >= 0.6 is 0 Å². The average molecular weight is 242 g/mol. The van der Waals surface area contributed by atoms with Crippen molar-refractivity contribution >= 4 is 17.0 Å². The number of hydrogen-bond acceptors (Lipinski definition) is 5. The van der Waals surface area contributed by atoms with E-state index >= 15 is 0 Å². The number of pyridine rings is 1. The molecule has 3 rings (SSSR count). The zero-order valence-electron chi connectivity index (χ0n) is 9.25. The largest absolute Gasteiger partial charge is 0.508 e. The third kappa shape index (κ3) is 1.60. The second-order valence-corrected chi connectivity index (χ2v) is 3.89. The quantitative estimate of drug-likeness (QED) is 0.518. The molecule has 0 aliphatic rings. The Bertz CT molecular complexity index is 736. The van der Waals surface area contributed by atoms with Gasteiger partial charge in [0.25, 0.3) is 0 Å². The van der Waals surface area contributed by atoms with Crippen LogP contribution in [0.3, 0.4) is 0 Å². The number of anilines is 1. The van der Waals surface area contributed by atoms with E-state index in [1.807, 2.05) is 0 Å². The average Bonchev–Trinajstić information content (AvgIpc) is 2.71. The minimum absolute atomic E-state index is 0.00488. The van der Waals surface area contributed by atoms with Gasteiger partial charge in [0.15, 0.2) is 5.65 Å². The van der Waals surface area contributed by atoms with Crippen molar-refractivity contribution in [3.8, 4) is 22.9 Å². The van der Waals surface area contributed by atoms with Crippen LogP contribution < -0.4 is 5.73 Å². The number of phenols is 2. The Morgan fingerprint density at radius 2 is 1.89 bits per heavy atom. The van der Waals surface area contributed by atoms with E-state index in [0.717, 1.165) is 5.52 Å². The number of nitrogen functional groups attached to an aromatic ring is 1. The number of H-pyrrole nitrogens is 1. The molecule has 5 N–H and O–H groups in total. The van der Waals surface area contributed by atoms with Crippen molar-refractivity contribution in [1.82, 2.24) is 15.0 Å². The van der Waals surface area contributed by atoms with Crippen molar-refractivity contribution in [3.63, 3.8) is 0 Å². The van der Waals surface area contributed by atoms with E-state index in [0.29, 0.717) is 22.9 Å². The van der Waals surface area contributed by atoms with Crippen molar-refractivity contribution < 1.29 is 10.2 Å². The van der Waals surface area contributed by atoms with Crippen LogP contribution in [-0.2, 0) is 0 Å². The molecule has 0 saturated carbocycles. The minimum Gasteiger partial charge on any atom is -0.508 e. The van der Waals surface area contributed by atoms with E-state index in [1.165, 1.54) is 12.1 Å². The second-order valence-electron chi connectivity index (χ2n) is 3.89. The predicted molar refractivity (Wildman–Crippen MR) is 67.1 cm³/mol. The smallest absolute Gasteiger partial charge is 0.180 e. The molecule has 18 heavy (non-hydrogen) atoms. The Balaban J connectivity index is 2.19. The van der Waals surface area contributed by atoms with Crippen LogP contribution in [0.2, 0.25) is 0 Å². The van der Waals surface area contributed by atoms with Gasteiger partial charge in [0.2, 0.25) is 0 Å². The van der Waals surface area contributed by atoms with E-state index < -0.39 is 0 Å². The lowest BCUT2D eigenvalue weighted by Crippen LogP contribution is -1.88.